The van der Waals surface area contributed by atoms with E-state index in [0.717, 1.165) is 30.2 Å². The van der Waals surface area contributed by atoms with Gasteiger partial charge in [-0.1, -0.05) is 34.5 Å². The second-order valence-corrected chi connectivity index (χ2v) is 5.78. The Morgan fingerprint density at radius 1 is 1.33 bits per heavy atom. The molecule has 3 N–H and O–H groups in total. The number of carbonyl (C=O) groups is 1. The fraction of sp³-hybridized carbons (Fsp3) is 0.500. The smallest absolute Gasteiger partial charge is 0.224 e. The highest BCUT2D eigenvalue weighted by Gasteiger charge is 2.29. The minimum Gasteiger partial charge on any atom is -0.355 e. The zero-order valence-electron chi connectivity index (χ0n) is 10.4. The average Bonchev–Trinajstić information content (AvgIpc) is 2.78. The molecule has 0 aromatic heterocycles. The Balaban J connectivity index is 1.75. The molecule has 0 radical (unpaired) electrons. The summed E-state index contributed by atoms with van der Waals surface area (Å²) >= 11 is 3.40. The fourth-order valence-corrected chi connectivity index (χ4v) is 2.69. The summed E-state index contributed by atoms with van der Waals surface area (Å²) in [6, 6.07) is 8.22. The quantitative estimate of drug-likeness (QED) is 0.896. The van der Waals surface area contributed by atoms with Crippen LogP contribution in [0.3, 0.4) is 0 Å². The lowest BCUT2D eigenvalue weighted by Crippen LogP contribution is -2.39. The minimum atomic E-state index is 0.0231. The molecule has 2 rings (SSSR count). The summed E-state index contributed by atoms with van der Waals surface area (Å²) in [5.41, 5.74) is 7.14. The third kappa shape index (κ3) is 3.56. The molecule has 4 heteroatoms. The van der Waals surface area contributed by atoms with E-state index in [2.05, 4.69) is 33.4 Å². The Labute approximate surface area is 116 Å². The maximum absolute atomic E-state index is 11.9. The van der Waals surface area contributed by atoms with Crippen LogP contribution in [0.25, 0.3) is 0 Å². The highest BCUT2D eigenvalue weighted by atomic mass is 79.9. The fourth-order valence-electron chi connectivity index (χ4n) is 2.43. The molecule has 1 saturated carbocycles. The molecule has 18 heavy (non-hydrogen) atoms. The van der Waals surface area contributed by atoms with Gasteiger partial charge in [0.2, 0.25) is 5.91 Å². The van der Waals surface area contributed by atoms with E-state index in [1.165, 1.54) is 5.56 Å². The lowest BCUT2D eigenvalue weighted by molar-refractivity contribution is -0.125. The van der Waals surface area contributed by atoms with Crippen molar-refractivity contribution in [2.24, 2.45) is 11.7 Å². The second kappa shape index (κ2) is 6.34. The number of amides is 1. The van der Waals surface area contributed by atoms with Crippen LogP contribution in [0.4, 0.5) is 0 Å². The Bertz CT molecular complexity index is 405. The molecule has 2 unspecified atom stereocenters. The van der Waals surface area contributed by atoms with Crippen LogP contribution >= 0.6 is 15.9 Å². The maximum atomic E-state index is 11.9. The van der Waals surface area contributed by atoms with E-state index >= 15 is 0 Å². The van der Waals surface area contributed by atoms with Crippen LogP contribution in [-0.2, 0) is 11.2 Å². The Morgan fingerprint density at radius 3 is 2.67 bits per heavy atom. The highest BCUT2D eigenvalue weighted by molar-refractivity contribution is 9.10. The number of rotatable bonds is 4. The molecule has 3 nitrogen and oxygen atoms in total. The van der Waals surface area contributed by atoms with Gasteiger partial charge in [0.25, 0.3) is 0 Å². The normalized spacial score (nSPS) is 23.0. The Kier molecular flexibility index (Phi) is 4.78. The van der Waals surface area contributed by atoms with Gasteiger partial charge in [0.05, 0.1) is 5.92 Å². The van der Waals surface area contributed by atoms with Crippen LogP contribution < -0.4 is 11.1 Å². The summed E-state index contributed by atoms with van der Waals surface area (Å²) in [5.74, 6) is 0.145. The predicted octanol–water partition coefficient (Wildman–Crippen LogP) is 2.24. The van der Waals surface area contributed by atoms with Crippen LogP contribution in [0.15, 0.2) is 28.7 Å². The number of halogens is 1. The molecule has 1 amide bonds. The van der Waals surface area contributed by atoms with Gasteiger partial charge in [0.15, 0.2) is 0 Å². The third-order valence-electron chi connectivity index (χ3n) is 3.53. The molecule has 2 atom stereocenters. The second-order valence-electron chi connectivity index (χ2n) is 4.87. The summed E-state index contributed by atoms with van der Waals surface area (Å²) in [6.45, 7) is 0.684. The van der Waals surface area contributed by atoms with Gasteiger partial charge in [-0.25, -0.2) is 0 Å². The molecule has 0 saturated heterocycles. The van der Waals surface area contributed by atoms with Crippen molar-refractivity contribution in [3.8, 4) is 0 Å². The molecule has 1 aromatic rings. The van der Waals surface area contributed by atoms with Crippen molar-refractivity contribution in [2.45, 2.75) is 31.7 Å². The number of hydrogen-bond donors (Lipinski definition) is 2. The zero-order valence-corrected chi connectivity index (χ0v) is 11.9. The standard InChI is InChI=1S/C14H19BrN2O/c15-11-6-4-10(5-7-11)8-9-17-14(18)12-2-1-3-13(12)16/h4-7,12-13H,1-3,8-9,16H2,(H,17,18). The molecular weight excluding hydrogens is 292 g/mol. The monoisotopic (exact) mass is 310 g/mol. The molecule has 1 aliphatic rings. The van der Waals surface area contributed by atoms with Crippen molar-refractivity contribution in [1.82, 2.24) is 5.32 Å². The van der Waals surface area contributed by atoms with Gasteiger partial charge in [-0.15, -0.1) is 0 Å². The predicted molar refractivity (Wildman–Crippen MR) is 76.2 cm³/mol. The number of benzene rings is 1. The molecule has 1 aliphatic carbocycles. The zero-order chi connectivity index (χ0) is 13.0. The molecule has 0 bridgehead atoms. The number of hydrogen-bond acceptors (Lipinski definition) is 2. The van der Waals surface area contributed by atoms with Gasteiger partial charge in [-0.05, 0) is 37.0 Å². The van der Waals surface area contributed by atoms with Gasteiger partial charge in [0.1, 0.15) is 0 Å². The molecule has 0 aliphatic heterocycles. The van der Waals surface area contributed by atoms with E-state index in [1.54, 1.807) is 0 Å². The van der Waals surface area contributed by atoms with E-state index in [1.807, 2.05) is 12.1 Å². The number of nitrogens with two attached hydrogens (primary N) is 1. The van der Waals surface area contributed by atoms with E-state index in [0.29, 0.717) is 6.54 Å². The van der Waals surface area contributed by atoms with Crippen LogP contribution in [0.2, 0.25) is 0 Å². The first kappa shape index (κ1) is 13.6. The van der Waals surface area contributed by atoms with Gasteiger partial charge in [0, 0.05) is 17.1 Å². The van der Waals surface area contributed by atoms with Crippen LogP contribution in [0.5, 0.6) is 0 Å². The van der Waals surface area contributed by atoms with Crippen molar-refractivity contribution < 1.29 is 4.79 Å². The molecular formula is C14H19BrN2O. The van der Waals surface area contributed by atoms with E-state index < -0.39 is 0 Å². The van der Waals surface area contributed by atoms with E-state index in [4.69, 9.17) is 5.73 Å². The SMILES string of the molecule is NC1CCCC1C(=O)NCCc1ccc(Br)cc1. The van der Waals surface area contributed by atoms with Crippen molar-refractivity contribution in [3.05, 3.63) is 34.3 Å². The van der Waals surface area contributed by atoms with Crippen LogP contribution in [0, 0.1) is 5.92 Å². The summed E-state index contributed by atoms with van der Waals surface area (Å²) in [5, 5.41) is 2.99. The molecule has 0 heterocycles. The van der Waals surface area contributed by atoms with Gasteiger partial charge < -0.3 is 11.1 Å². The summed E-state index contributed by atoms with van der Waals surface area (Å²) < 4.78 is 1.08. The Morgan fingerprint density at radius 2 is 2.06 bits per heavy atom. The first-order chi connectivity index (χ1) is 8.66. The summed E-state index contributed by atoms with van der Waals surface area (Å²) in [6.07, 6.45) is 3.85. The van der Waals surface area contributed by atoms with Crippen molar-refractivity contribution in [3.63, 3.8) is 0 Å². The minimum absolute atomic E-state index is 0.0231. The first-order valence-electron chi connectivity index (χ1n) is 6.44. The molecule has 1 aromatic carbocycles. The lowest BCUT2D eigenvalue weighted by Gasteiger charge is -2.15. The van der Waals surface area contributed by atoms with Gasteiger partial charge in [-0.3, -0.25) is 4.79 Å². The van der Waals surface area contributed by atoms with Crippen molar-refractivity contribution >= 4 is 21.8 Å². The van der Waals surface area contributed by atoms with Crippen molar-refractivity contribution in [1.29, 1.82) is 0 Å². The van der Waals surface area contributed by atoms with Gasteiger partial charge >= 0.3 is 0 Å². The third-order valence-corrected chi connectivity index (χ3v) is 4.06. The molecule has 98 valence electrons. The van der Waals surface area contributed by atoms with Gasteiger partial charge in [-0.2, -0.15) is 0 Å². The van der Waals surface area contributed by atoms with E-state index in [-0.39, 0.29) is 17.9 Å². The van der Waals surface area contributed by atoms with E-state index in [9.17, 15) is 4.79 Å². The average molecular weight is 311 g/mol. The number of carbonyl (C=O) groups excluding carboxylic acids is 1. The van der Waals surface area contributed by atoms with Crippen molar-refractivity contribution in [2.75, 3.05) is 6.54 Å². The van der Waals surface area contributed by atoms with Crippen LogP contribution in [0.1, 0.15) is 24.8 Å². The first-order valence-corrected chi connectivity index (χ1v) is 7.24. The highest BCUT2D eigenvalue weighted by Crippen LogP contribution is 2.23. The maximum Gasteiger partial charge on any atom is 0.224 e. The Hall–Kier alpha value is -0.870. The summed E-state index contributed by atoms with van der Waals surface area (Å²) in [7, 11) is 0. The van der Waals surface area contributed by atoms with Crippen LogP contribution in [-0.4, -0.2) is 18.5 Å². The molecule has 0 spiro atoms. The number of nitrogens with one attached hydrogen (secondary N) is 1. The summed E-state index contributed by atoms with van der Waals surface area (Å²) in [4.78, 5) is 11.9. The lowest BCUT2D eigenvalue weighted by atomic mass is 10.0. The topological polar surface area (TPSA) is 55.1 Å². The largest absolute Gasteiger partial charge is 0.355 e. The molecule has 1 fully saturated rings.